The van der Waals surface area contributed by atoms with Crippen LogP contribution in [0.5, 0.6) is 11.5 Å². The molecule has 0 fully saturated rings. The summed E-state index contributed by atoms with van der Waals surface area (Å²) in [6.45, 7) is 8.18. The van der Waals surface area contributed by atoms with Crippen LogP contribution in [0.1, 0.15) is 0 Å². The SMILES string of the molecule is C=CCOCC=C.Oc1ccccc1O. The molecule has 0 spiro atoms. The van der Waals surface area contributed by atoms with Crippen LogP contribution in [-0.4, -0.2) is 23.4 Å². The maximum atomic E-state index is 8.67. The number of hydrogen-bond acceptors (Lipinski definition) is 3. The second-order valence-electron chi connectivity index (χ2n) is 2.60. The molecule has 0 heterocycles. The Balaban J connectivity index is 0.000000265. The minimum atomic E-state index is -0.0764. The summed E-state index contributed by atoms with van der Waals surface area (Å²) in [5.74, 6) is -0.153. The molecule has 3 nitrogen and oxygen atoms in total. The van der Waals surface area contributed by atoms with Crippen LogP contribution in [0.4, 0.5) is 0 Å². The van der Waals surface area contributed by atoms with Gasteiger partial charge in [-0.3, -0.25) is 0 Å². The van der Waals surface area contributed by atoms with Crippen LogP contribution >= 0.6 is 0 Å². The zero-order valence-electron chi connectivity index (χ0n) is 8.60. The van der Waals surface area contributed by atoms with Crippen LogP contribution in [0, 0.1) is 0 Å². The average Bonchev–Trinajstić information content (AvgIpc) is 2.24. The first-order valence-corrected chi connectivity index (χ1v) is 4.48. The summed E-state index contributed by atoms with van der Waals surface area (Å²) >= 11 is 0. The highest BCUT2D eigenvalue weighted by molar-refractivity contribution is 5.36. The highest BCUT2D eigenvalue weighted by Gasteiger charge is 1.90. The van der Waals surface area contributed by atoms with E-state index in [1.54, 1.807) is 24.3 Å². The lowest BCUT2D eigenvalue weighted by atomic mass is 10.3. The average molecular weight is 208 g/mol. The molecule has 0 aromatic heterocycles. The Morgan fingerprint density at radius 2 is 1.40 bits per heavy atom. The van der Waals surface area contributed by atoms with Crippen LogP contribution in [-0.2, 0) is 4.74 Å². The molecule has 0 unspecified atom stereocenters. The van der Waals surface area contributed by atoms with E-state index in [4.69, 9.17) is 14.9 Å². The Morgan fingerprint density at radius 1 is 1.00 bits per heavy atom. The van der Waals surface area contributed by atoms with Gasteiger partial charge in [0.15, 0.2) is 11.5 Å². The van der Waals surface area contributed by atoms with Crippen molar-refractivity contribution < 1.29 is 14.9 Å². The van der Waals surface area contributed by atoms with Gasteiger partial charge in [-0.25, -0.2) is 0 Å². The smallest absolute Gasteiger partial charge is 0.157 e. The molecule has 15 heavy (non-hydrogen) atoms. The predicted octanol–water partition coefficient (Wildman–Crippen LogP) is 2.47. The number of benzene rings is 1. The summed E-state index contributed by atoms with van der Waals surface area (Å²) in [6.07, 6.45) is 3.42. The quantitative estimate of drug-likeness (QED) is 0.454. The highest BCUT2D eigenvalue weighted by Crippen LogP contribution is 2.21. The molecule has 3 heteroatoms. The van der Waals surface area contributed by atoms with Crippen molar-refractivity contribution in [2.75, 3.05) is 13.2 Å². The summed E-state index contributed by atoms with van der Waals surface area (Å²) < 4.78 is 4.90. The van der Waals surface area contributed by atoms with Gasteiger partial charge in [0.25, 0.3) is 0 Å². The zero-order valence-corrected chi connectivity index (χ0v) is 8.60. The van der Waals surface area contributed by atoms with Gasteiger partial charge in [0.1, 0.15) is 0 Å². The molecule has 0 saturated carbocycles. The lowest BCUT2D eigenvalue weighted by molar-refractivity contribution is 0.194. The Kier molecular flexibility index (Phi) is 7.82. The molecule has 0 aliphatic heterocycles. The Hall–Kier alpha value is -1.74. The van der Waals surface area contributed by atoms with Crippen molar-refractivity contribution in [1.29, 1.82) is 0 Å². The second-order valence-corrected chi connectivity index (χ2v) is 2.60. The van der Waals surface area contributed by atoms with Gasteiger partial charge in [0.05, 0.1) is 13.2 Å². The predicted molar refractivity (Wildman–Crippen MR) is 61.0 cm³/mol. The Bertz CT molecular complexity index is 266. The molecule has 0 radical (unpaired) electrons. The van der Waals surface area contributed by atoms with Crippen LogP contribution in [0.3, 0.4) is 0 Å². The van der Waals surface area contributed by atoms with E-state index >= 15 is 0 Å². The third kappa shape index (κ3) is 7.34. The fraction of sp³-hybridized carbons (Fsp3) is 0.167. The summed E-state index contributed by atoms with van der Waals surface area (Å²) in [4.78, 5) is 0. The van der Waals surface area contributed by atoms with Gasteiger partial charge in [0, 0.05) is 0 Å². The van der Waals surface area contributed by atoms with Crippen LogP contribution in [0.15, 0.2) is 49.6 Å². The summed E-state index contributed by atoms with van der Waals surface area (Å²) in [5.41, 5.74) is 0. The first kappa shape index (κ1) is 13.3. The minimum Gasteiger partial charge on any atom is -0.504 e. The summed E-state index contributed by atoms with van der Waals surface area (Å²) in [7, 11) is 0. The summed E-state index contributed by atoms with van der Waals surface area (Å²) in [5, 5.41) is 17.3. The molecular formula is C12H16O3. The first-order chi connectivity index (χ1) is 7.22. The third-order valence-electron chi connectivity index (χ3n) is 1.35. The molecule has 0 aliphatic rings. The third-order valence-corrected chi connectivity index (χ3v) is 1.35. The number of hydrogen-bond donors (Lipinski definition) is 2. The van der Waals surface area contributed by atoms with Gasteiger partial charge in [-0.1, -0.05) is 24.3 Å². The number of phenols is 2. The lowest BCUT2D eigenvalue weighted by Gasteiger charge is -1.91. The summed E-state index contributed by atoms with van der Waals surface area (Å²) in [6, 6.07) is 6.15. The molecule has 2 N–H and O–H groups in total. The van der Waals surface area contributed by atoms with Crippen LogP contribution in [0.2, 0.25) is 0 Å². The standard InChI is InChI=1S/C6H6O2.C6H10O/c7-5-3-1-2-4-6(5)8;1-3-5-7-6-4-2/h1-4,7-8H;3-4H,1-2,5-6H2. The van der Waals surface area contributed by atoms with Crippen LogP contribution < -0.4 is 0 Å². The molecular weight excluding hydrogens is 192 g/mol. The minimum absolute atomic E-state index is 0.0764. The fourth-order valence-corrected chi connectivity index (χ4v) is 0.699. The normalized spacial score (nSPS) is 8.53. The van der Waals surface area contributed by atoms with Gasteiger partial charge in [0.2, 0.25) is 0 Å². The van der Waals surface area contributed by atoms with Crippen molar-refractivity contribution in [2.45, 2.75) is 0 Å². The molecule has 1 aromatic carbocycles. The molecule has 0 amide bonds. The topological polar surface area (TPSA) is 49.7 Å². The molecule has 82 valence electrons. The van der Waals surface area contributed by atoms with Gasteiger partial charge in [-0.05, 0) is 12.1 Å². The highest BCUT2D eigenvalue weighted by atomic mass is 16.5. The molecule has 0 atom stereocenters. The molecule has 1 rings (SSSR count). The van der Waals surface area contributed by atoms with Crippen molar-refractivity contribution in [3.8, 4) is 11.5 Å². The molecule has 0 saturated heterocycles. The first-order valence-electron chi connectivity index (χ1n) is 4.48. The fourth-order valence-electron chi connectivity index (χ4n) is 0.699. The lowest BCUT2D eigenvalue weighted by Crippen LogP contribution is -1.87. The van der Waals surface area contributed by atoms with E-state index in [9.17, 15) is 0 Å². The Labute approximate surface area is 89.9 Å². The number of ether oxygens (including phenoxy) is 1. The number of aromatic hydroxyl groups is 2. The van der Waals surface area contributed by atoms with Crippen molar-refractivity contribution >= 4 is 0 Å². The van der Waals surface area contributed by atoms with Crippen molar-refractivity contribution in [2.24, 2.45) is 0 Å². The van der Waals surface area contributed by atoms with E-state index in [0.717, 1.165) is 0 Å². The zero-order chi connectivity index (χ0) is 11.5. The maximum absolute atomic E-state index is 8.67. The van der Waals surface area contributed by atoms with E-state index < -0.39 is 0 Å². The van der Waals surface area contributed by atoms with Crippen molar-refractivity contribution in [3.63, 3.8) is 0 Å². The van der Waals surface area contributed by atoms with E-state index in [1.807, 2.05) is 0 Å². The van der Waals surface area contributed by atoms with E-state index in [0.29, 0.717) is 13.2 Å². The van der Waals surface area contributed by atoms with Gasteiger partial charge in [-0.15, -0.1) is 13.2 Å². The largest absolute Gasteiger partial charge is 0.504 e. The molecule has 0 bridgehead atoms. The number of rotatable bonds is 4. The van der Waals surface area contributed by atoms with Crippen LogP contribution in [0.25, 0.3) is 0 Å². The molecule has 0 aliphatic carbocycles. The molecule has 1 aromatic rings. The van der Waals surface area contributed by atoms with E-state index in [1.165, 1.54) is 12.1 Å². The monoisotopic (exact) mass is 208 g/mol. The maximum Gasteiger partial charge on any atom is 0.157 e. The van der Waals surface area contributed by atoms with Gasteiger partial charge >= 0.3 is 0 Å². The number of phenolic OH excluding ortho intramolecular Hbond substituents is 2. The van der Waals surface area contributed by atoms with Crippen molar-refractivity contribution in [3.05, 3.63) is 49.6 Å². The van der Waals surface area contributed by atoms with Gasteiger partial charge in [-0.2, -0.15) is 0 Å². The van der Waals surface area contributed by atoms with Gasteiger partial charge < -0.3 is 14.9 Å². The van der Waals surface area contributed by atoms with Crippen molar-refractivity contribution in [1.82, 2.24) is 0 Å². The number of para-hydroxylation sites is 2. The Morgan fingerprint density at radius 3 is 1.67 bits per heavy atom. The van der Waals surface area contributed by atoms with E-state index in [2.05, 4.69) is 13.2 Å². The second kappa shape index (κ2) is 8.84. The van der Waals surface area contributed by atoms with E-state index in [-0.39, 0.29) is 11.5 Å².